The Morgan fingerprint density at radius 3 is 2.53 bits per heavy atom. The van der Waals surface area contributed by atoms with E-state index in [9.17, 15) is 0 Å². The van der Waals surface area contributed by atoms with E-state index in [1.807, 2.05) is 19.9 Å². The highest BCUT2D eigenvalue weighted by atomic mass is 32.1. The molecule has 17 heavy (non-hydrogen) atoms. The molecule has 0 bridgehead atoms. The van der Waals surface area contributed by atoms with Gasteiger partial charge in [-0.15, -0.1) is 11.3 Å². The van der Waals surface area contributed by atoms with Crippen LogP contribution in [0.5, 0.6) is 0 Å². The predicted octanol–water partition coefficient (Wildman–Crippen LogP) is 2.97. The molecule has 0 saturated heterocycles. The van der Waals surface area contributed by atoms with Gasteiger partial charge in [0.25, 0.3) is 0 Å². The van der Waals surface area contributed by atoms with E-state index in [-0.39, 0.29) is 18.2 Å². The average Bonchev–Trinajstić information content (AvgIpc) is 2.81. The highest BCUT2D eigenvalue weighted by molar-refractivity contribution is 7.10. The topological polar surface area (TPSA) is 44.5 Å². The third-order valence-electron chi connectivity index (χ3n) is 2.52. The third-order valence-corrected chi connectivity index (χ3v) is 3.45. The SMILES string of the molecule is CCC(N)C(OCCOC(C)C)c1cccs1. The minimum absolute atomic E-state index is 0.00392. The summed E-state index contributed by atoms with van der Waals surface area (Å²) in [7, 11) is 0. The van der Waals surface area contributed by atoms with Gasteiger partial charge < -0.3 is 15.2 Å². The van der Waals surface area contributed by atoms with Crippen LogP contribution in [0.15, 0.2) is 17.5 Å². The van der Waals surface area contributed by atoms with Crippen molar-refractivity contribution in [1.82, 2.24) is 0 Å². The fourth-order valence-electron chi connectivity index (χ4n) is 1.54. The molecule has 1 rings (SSSR count). The fourth-order valence-corrected chi connectivity index (χ4v) is 2.39. The molecular weight excluding hydrogens is 234 g/mol. The maximum absolute atomic E-state index is 6.09. The van der Waals surface area contributed by atoms with E-state index in [2.05, 4.69) is 18.4 Å². The Morgan fingerprint density at radius 2 is 2.00 bits per heavy atom. The zero-order valence-corrected chi connectivity index (χ0v) is 11.7. The number of rotatable bonds is 8. The van der Waals surface area contributed by atoms with Crippen LogP contribution in [-0.2, 0) is 9.47 Å². The van der Waals surface area contributed by atoms with Crippen molar-refractivity contribution in [3.05, 3.63) is 22.4 Å². The molecule has 3 nitrogen and oxygen atoms in total. The monoisotopic (exact) mass is 257 g/mol. The summed E-state index contributed by atoms with van der Waals surface area (Å²) in [5.41, 5.74) is 6.09. The van der Waals surface area contributed by atoms with Gasteiger partial charge in [-0.05, 0) is 31.7 Å². The molecule has 1 aromatic rings. The second kappa shape index (κ2) is 7.82. The molecule has 2 N–H and O–H groups in total. The molecular formula is C13H23NO2S. The van der Waals surface area contributed by atoms with E-state index in [0.717, 1.165) is 6.42 Å². The van der Waals surface area contributed by atoms with Crippen molar-refractivity contribution in [1.29, 1.82) is 0 Å². The lowest BCUT2D eigenvalue weighted by molar-refractivity contribution is -0.0211. The molecule has 0 aromatic carbocycles. The van der Waals surface area contributed by atoms with Crippen molar-refractivity contribution >= 4 is 11.3 Å². The summed E-state index contributed by atoms with van der Waals surface area (Å²) in [5, 5.41) is 2.05. The average molecular weight is 257 g/mol. The molecule has 0 aliphatic carbocycles. The van der Waals surface area contributed by atoms with Crippen LogP contribution in [0.3, 0.4) is 0 Å². The van der Waals surface area contributed by atoms with Crippen molar-refractivity contribution in [3.63, 3.8) is 0 Å². The Morgan fingerprint density at radius 1 is 1.29 bits per heavy atom. The molecule has 0 radical (unpaired) electrons. The van der Waals surface area contributed by atoms with E-state index >= 15 is 0 Å². The van der Waals surface area contributed by atoms with Gasteiger partial charge in [-0.25, -0.2) is 0 Å². The summed E-state index contributed by atoms with van der Waals surface area (Å²) in [6.07, 6.45) is 1.16. The molecule has 2 atom stereocenters. The standard InChI is InChI=1S/C13H23NO2S/c1-4-11(14)13(12-6-5-9-17-12)16-8-7-15-10(2)3/h5-6,9-11,13H,4,7-8,14H2,1-3H3. The smallest absolute Gasteiger partial charge is 0.107 e. The highest BCUT2D eigenvalue weighted by Gasteiger charge is 2.19. The van der Waals surface area contributed by atoms with Crippen molar-refractivity contribution < 1.29 is 9.47 Å². The van der Waals surface area contributed by atoms with Crippen LogP contribution in [0.2, 0.25) is 0 Å². The van der Waals surface area contributed by atoms with Crippen molar-refractivity contribution in [2.45, 2.75) is 45.4 Å². The van der Waals surface area contributed by atoms with Crippen LogP contribution >= 0.6 is 11.3 Å². The lowest BCUT2D eigenvalue weighted by Crippen LogP contribution is -2.30. The first-order valence-corrected chi connectivity index (χ1v) is 7.05. The molecule has 0 amide bonds. The molecule has 0 aliphatic rings. The predicted molar refractivity (Wildman–Crippen MR) is 72.4 cm³/mol. The quantitative estimate of drug-likeness (QED) is 0.728. The van der Waals surface area contributed by atoms with E-state index in [4.69, 9.17) is 15.2 Å². The van der Waals surface area contributed by atoms with Crippen molar-refractivity contribution in [3.8, 4) is 0 Å². The zero-order chi connectivity index (χ0) is 12.7. The summed E-state index contributed by atoms with van der Waals surface area (Å²) < 4.78 is 11.3. The summed E-state index contributed by atoms with van der Waals surface area (Å²) in [5.74, 6) is 0. The molecule has 0 spiro atoms. The van der Waals surface area contributed by atoms with Crippen molar-refractivity contribution in [2.75, 3.05) is 13.2 Å². The van der Waals surface area contributed by atoms with Crippen LogP contribution in [0.1, 0.15) is 38.2 Å². The van der Waals surface area contributed by atoms with E-state index in [1.54, 1.807) is 11.3 Å². The van der Waals surface area contributed by atoms with Gasteiger partial charge in [0.2, 0.25) is 0 Å². The Kier molecular flexibility index (Phi) is 6.73. The van der Waals surface area contributed by atoms with Gasteiger partial charge in [-0.1, -0.05) is 13.0 Å². The Hall–Kier alpha value is -0.420. The largest absolute Gasteiger partial charge is 0.376 e. The van der Waals surface area contributed by atoms with Crippen molar-refractivity contribution in [2.24, 2.45) is 5.73 Å². The maximum Gasteiger partial charge on any atom is 0.107 e. The first kappa shape index (κ1) is 14.6. The molecule has 0 saturated carbocycles. The van der Waals surface area contributed by atoms with Gasteiger partial charge in [-0.2, -0.15) is 0 Å². The summed E-state index contributed by atoms with van der Waals surface area (Å²) >= 11 is 1.69. The van der Waals surface area contributed by atoms with Gasteiger partial charge >= 0.3 is 0 Å². The summed E-state index contributed by atoms with van der Waals surface area (Å²) in [6, 6.07) is 4.16. The Labute approximate surface area is 108 Å². The van der Waals surface area contributed by atoms with Gasteiger partial charge in [0.15, 0.2) is 0 Å². The number of nitrogens with two attached hydrogens (primary N) is 1. The van der Waals surface area contributed by atoms with E-state index < -0.39 is 0 Å². The number of thiophene rings is 1. The lowest BCUT2D eigenvalue weighted by atomic mass is 10.1. The van der Waals surface area contributed by atoms with Crippen LogP contribution in [0, 0.1) is 0 Å². The number of hydrogen-bond acceptors (Lipinski definition) is 4. The van der Waals surface area contributed by atoms with Gasteiger partial charge in [0.05, 0.1) is 19.3 Å². The van der Waals surface area contributed by atoms with Gasteiger partial charge in [-0.3, -0.25) is 0 Å². The highest BCUT2D eigenvalue weighted by Crippen LogP contribution is 2.26. The molecule has 2 unspecified atom stereocenters. The first-order valence-electron chi connectivity index (χ1n) is 6.17. The zero-order valence-electron chi connectivity index (χ0n) is 10.9. The minimum atomic E-state index is -0.00392. The van der Waals surface area contributed by atoms with Crippen LogP contribution in [0.25, 0.3) is 0 Å². The fraction of sp³-hybridized carbons (Fsp3) is 0.692. The third kappa shape index (κ3) is 5.17. The Bertz CT molecular complexity index is 288. The van der Waals surface area contributed by atoms with Gasteiger partial charge in [0, 0.05) is 10.9 Å². The van der Waals surface area contributed by atoms with E-state index in [0.29, 0.717) is 13.2 Å². The molecule has 1 heterocycles. The first-order chi connectivity index (χ1) is 8.15. The van der Waals surface area contributed by atoms with Gasteiger partial charge in [0.1, 0.15) is 6.10 Å². The molecule has 0 fully saturated rings. The second-order valence-corrected chi connectivity index (χ2v) is 5.28. The lowest BCUT2D eigenvalue weighted by Gasteiger charge is -2.22. The molecule has 1 aromatic heterocycles. The molecule has 0 aliphatic heterocycles. The number of ether oxygens (including phenoxy) is 2. The van der Waals surface area contributed by atoms with Crippen LogP contribution < -0.4 is 5.73 Å². The summed E-state index contributed by atoms with van der Waals surface area (Å²) in [4.78, 5) is 1.20. The Balaban J connectivity index is 2.42. The van der Waals surface area contributed by atoms with E-state index in [1.165, 1.54) is 4.88 Å². The molecule has 98 valence electrons. The summed E-state index contributed by atoms with van der Waals surface area (Å²) in [6.45, 7) is 7.34. The molecule has 4 heteroatoms. The van der Waals surface area contributed by atoms with Crippen LogP contribution in [-0.4, -0.2) is 25.4 Å². The normalized spacial score (nSPS) is 15.1. The maximum atomic E-state index is 6.09. The number of hydrogen-bond donors (Lipinski definition) is 1. The van der Waals surface area contributed by atoms with Crippen LogP contribution in [0.4, 0.5) is 0 Å². The minimum Gasteiger partial charge on any atom is -0.376 e. The second-order valence-electron chi connectivity index (χ2n) is 4.30.